The Kier molecular flexibility index (Phi) is 3.64. The van der Waals surface area contributed by atoms with E-state index in [1.54, 1.807) is 7.11 Å². The van der Waals surface area contributed by atoms with E-state index >= 15 is 0 Å². The fraction of sp³-hybridized carbons (Fsp3) is 0.316. The van der Waals surface area contributed by atoms with Crippen LogP contribution in [0, 0.1) is 0 Å². The van der Waals surface area contributed by atoms with Crippen molar-refractivity contribution in [2.45, 2.75) is 24.8 Å². The predicted molar refractivity (Wildman–Crippen MR) is 92.7 cm³/mol. The summed E-state index contributed by atoms with van der Waals surface area (Å²) in [5.41, 5.74) is 3.31. The summed E-state index contributed by atoms with van der Waals surface area (Å²) in [5.74, 6) is 0.741. The van der Waals surface area contributed by atoms with Crippen LogP contribution in [0.15, 0.2) is 46.9 Å². The SMILES string of the molecule is COc1cccc2c1C(c1ccc(Br)cc1)C(=O)N1CCCC21. The Morgan fingerprint density at radius 3 is 2.70 bits per heavy atom. The van der Waals surface area contributed by atoms with Gasteiger partial charge in [-0.3, -0.25) is 4.79 Å². The maximum absolute atomic E-state index is 13.2. The van der Waals surface area contributed by atoms with Gasteiger partial charge in [0.15, 0.2) is 0 Å². The van der Waals surface area contributed by atoms with Crippen molar-refractivity contribution in [3.63, 3.8) is 0 Å². The van der Waals surface area contributed by atoms with E-state index in [4.69, 9.17) is 4.74 Å². The molecule has 2 aromatic carbocycles. The van der Waals surface area contributed by atoms with Crippen LogP contribution in [0.25, 0.3) is 0 Å². The van der Waals surface area contributed by atoms with Crippen LogP contribution in [0.4, 0.5) is 0 Å². The molecule has 0 aliphatic carbocycles. The highest BCUT2D eigenvalue weighted by Crippen LogP contribution is 2.48. The molecule has 0 spiro atoms. The van der Waals surface area contributed by atoms with Gasteiger partial charge in [0, 0.05) is 16.6 Å². The molecule has 0 N–H and O–H groups in total. The van der Waals surface area contributed by atoms with Crippen LogP contribution in [0.1, 0.15) is 41.5 Å². The molecular weight excluding hydrogens is 354 g/mol. The molecule has 0 radical (unpaired) electrons. The molecule has 2 aliphatic heterocycles. The first-order valence-corrected chi connectivity index (χ1v) is 8.72. The van der Waals surface area contributed by atoms with E-state index in [2.05, 4.69) is 26.9 Å². The van der Waals surface area contributed by atoms with Crippen molar-refractivity contribution in [3.8, 4) is 5.75 Å². The molecule has 4 heteroatoms. The molecule has 118 valence electrons. The Morgan fingerprint density at radius 2 is 1.96 bits per heavy atom. The van der Waals surface area contributed by atoms with E-state index in [0.717, 1.165) is 40.7 Å². The molecule has 2 unspecified atom stereocenters. The van der Waals surface area contributed by atoms with Gasteiger partial charge in [-0.25, -0.2) is 0 Å². The second kappa shape index (κ2) is 5.68. The van der Waals surface area contributed by atoms with E-state index < -0.39 is 0 Å². The van der Waals surface area contributed by atoms with Gasteiger partial charge in [-0.2, -0.15) is 0 Å². The number of rotatable bonds is 2. The highest BCUT2D eigenvalue weighted by atomic mass is 79.9. The van der Waals surface area contributed by atoms with Crippen molar-refractivity contribution < 1.29 is 9.53 Å². The molecule has 1 amide bonds. The number of halogens is 1. The summed E-state index contributed by atoms with van der Waals surface area (Å²) < 4.78 is 6.62. The lowest BCUT2D eigenvalue weighted by atomic mass is 9.80. The average molecular weight is 372 g/mol. The largest absolute Gasteiger partial charge is 0.496 e. The molecule has 3 nitrogen and oxygen atoms in total. The highest BCUT2D eigenvalue weighted by molar-refractivity contribution is 9.10. The van der Waals surface area contributed by atoms with Crippen molar-refractivity contribution in [1.82, 2.24) is 4.90 Å². The van der Waals surface area contributed by atoms with Crippen LogP contribution in [-0.2, 0) is 4.79 Å². The second-order valence-electron chi connectivity index (χ2n) is 6.14. The average Bonchev–Trinajstić information content (AvgIpc) is 3.06. The first kappa shape index (κ1) is 14.8. The summed E-state index contributed by atoms with van der Waals surface area (Å²) in [7, 11) is 1.68. The molecule has 0 saturated carbocycles. The van der Waals surface area contributed by atoms with Gasteiger partial charge < -0.3 is 9.64 Å². The van der Waals surface area contributed by atoms with Gasteiger partial charge in [-0.15, -0.1) is 0 Å². The van der Waals surface area contributed by atoms with Gasteiger partial charge in [0.1, 0.15) is 5.75 Å². The Labute approximate surface area is 144 Å². The van der Waals surface area contributed by atoms with Crippen molar-refractivity contribution in [2.24, 2.45) is 0 Å². The Bertz CT molecular complexity index is 756. The van der Waals surface area contributed by atoms with Gasteiger partial charge in [-0.05, 0) is 42.2 Å². The maximum Gasteiger partial charge on any atom is 0.235 e. The lowest BCUT2D eigenvalue weighted by molar-refractivity contribution is -0.133. The molecule has 0 bridgehead atoms. The van der Waals surface area contributed by atoms with Gasteiger partial charge >= 0.3 is 0 Å². The fourth-order valence-electron chi connectivity index (χ4n) is 3.95. The number of carbonyl (C=O) groups is 1. The van der Waals surface area contributed by atoms with E-state index in [1.807, 2.05) is 36.4 Å². The molecule has 1 saturated heterocycles. The first-order valence-electron chi connectivity index (χ1n) is 7.93. The number of benzene rings is 2. The standard InChI is InChI=1S/C19H18BrNO2/c1-23-16-6-2-4-14-15-5-3-11-21(15)19(22)17(18(14)16)12-7-9-13(20)10-8-12/h2,4,6-10,15,17H,3,5,11H2,1H3. The van der Waals surface area contributed by atoms with E-state index in [1.165, 1.54) is 5.56 Å². The number of carbonyl (C=O) groups excluding carboxylic acids is 1. The van der Waals surface area contributed by atoms with Crippen molar-refractivity contribution >= 4 is 21.8 Å². The second-order valence-corrected chi connectivity index (χ2v) is 7.05. The molecular formula is C19H18BrNO2. The molecule has 2 atom stereocenters. The zero-order valence-corrected chi connectivity index (χ0v) is 14.5. The van der Waals surface area contributed by atoms with Gasteiger partial charge in [0.05, 0.1) is 19.1 Å². The smallest absolute Gasteiger partial charge is 0.235 e. The third kappa shape index (κ3) is 2.27. The monoisotopic (exact) mass is 371 g/mol. The molecule has 2 heterocycles. The topological polar surface area (TPSA) is 29.5 Å². The quantitative estimate of drug-likeness (QED) is 0.788. The zero-order chi connectivity index (χ0) is 16.0. The minimum Gasteiger partial charge on any atom is -0.496 e. The molecule has 0 aromatic heterocycles. The van der Waals surface area contributed by atoms with E-state index in [9.17, 15) is 4.79 Å². The Hall–Kier alpha value is -1.81. The summed E-state index contributed by atoms with van der Waals surface area (Å²) >= 11 is 3.47. The minimum atomic E-state index is -0.274. The number of ether oxygens (including phenoxy) is 1. The van der Waals surface area contributed by atoms with Crippen LogP contribution in [0.5, 0.6) is 5.75 Å². The fourth-order valence-corrected chi connectivity index (χ4v) is 4.21. The number of nitrogens with zero attached hydrogens (tertiary/aromatic N) is 1. The third-order valence-corrected chi connectivity index (χ3v) is 5.48. The lowest BCUT2D eigenvalue weighted by Crippen LogP contribution is -2.40. The molecule has 2 aromatic rings. The summed E-state index contributed by atoms with van der Waals surface area (Å²) in [6.07, 6.45) is 2.11. The predicted octanol–water partition coefficient (Wildman–Crippen LogP) is 4.27. The van der Waals surface area contributed by atoms with Crippen LogP contribution < -0.4 is 4.74 Å². The van der Waals surface area contributed by atoms with Crippen molar-refractivity contribution in [1.29, 1.82) is 0 Å². The van der Waals surface area contributed by atoms with Crippen LogP contribution >= 0.6 is 15.9 Å². The van der Waals surface area contributed by atoms with Crippen LogP contribution in [-0.4, -0.2) is 24.5 Å². The summed E-state index contributed by atoms with van der Waals surface area (Å²) in [5, 5.41) is 0. The number of hydrogen-bond donors (Lipinski definition) is 0. The lowest BCUT2D eigenvalue weighted by Gasteiger charge is -2.37. The summed E-state index contributed by atoms with van der Waals surface area (Å²) in [4.78, 5) is 15.2. The van der Waals surface area contributed by atoms with Crippen molar-refractivity contribution in [2.75, 3.05) is 13.7 Å². The maximum atomic E-state index is 13.2. The summed E-state index contributed by atoms with van der Waals surface area (Å²) in [6.45, 7) is 0.854. The third-order valence-electron chi connectivity index (χ3n) is 4.95. The normalized spacial score (nSPS) is 22.7. The molecule has 4 rings (SSSR count). The molecule has 2 aliphatic rings. The number of fused-ring (bicyclic) bond motifs is 3. The van der Waals surface area contributed by atoms with E-state index in [-0.39, 0.29) is 17.9 Å². The van der Waals surface area contributed by atoms with Gasteiger partial charge in [0.25, 0.3) is 0 Å². The minimum absolute atomic E-state index is 0.201. The number of hydrogen-bond acceptors (Lipinski definition) is 2. The molecule has 1 fully saturated rings. The van der Waals surface area contributed by atoms with Crippen molar-refractivity contribution in [3.05, 3.63) is 63.6 Å². The van der Waals surface area contributed by atoms with Gasteiger partial charge in [0.2, 0.25) is 5.91 Å². The Balaban J connectivity index is 1.93. The van der Waals surface area contributed by atoms with Gasteiger partial charge in [-0.1, -0.05) is 40.2 Å². The van der Waals surface area contributed by atoms with E-state index in [0.29, 0.717) is 0 Å². The highest BCUT2D eigenvalue weighted by Gasteiger charge is 2.43. The number of amides is 1. The summed E-state index contributed by atoms with van der Waals surface area (Å²) in [6, 6.07) is 14.4. The van der Waals surface area contributed by atoms with Crippen LogP contribution in [0.3, 0.4) is 0 Å². The first-order chi connectivity index (χ1) is 11.2. The Morgan fingerprint density at radius 1 is 1.17 bits per heavy atom. The number of methoxy groups -OCH3 is 1. The van der Waals surface area contributed by atoms with Crippen LogP contribution in [0.2, 0.25) is 0 Å². The molecule has 23 heavy (non-hydrogen) atoms. The zero-order valence-electron chi connectivity index (χ0n) is 13.0.